The topological polar surface area (TPSA) is 28.2 Å². The summed E-state index contributed by atoms with van der Waals surface area (Å²) in [5, 5.41) is 6.77. The highest BCUT2D eigenvalue weighted by Gasteiger charge is 2.11. The van der Waals surface area contributed by atoms with Gasteiger partial charge in [0.25, 0.3) is 0 Å². The predicted molar refractivity (Wildman–Crippen MR) is 83.4 cm³/mol. The Morgan fingerprint density at radius 3 is 2.78 bits per heavy atom. The van der Waals surface area contributed by atoms with Gasteiger partial charge in [-0.1, -0.05) is 13.8 Å². The van der Waals surface area contributed by atoms with Gasteiger partial charge in [-0.05, 0) is 20.2 Å². The maximum atomic E-state index is 4.67. The molecule has 0 spiro atoms. The second kappa shape index (κ2) is 8.15. The minimum absolute atomic E-state index is 0.515. The number of thiazole rings is 1. The van der Waals surface area contributed by atoms with Gasteiger partial charge in [-0.2, -0.15) is 11.8 Å². The molecule has 0 radical (unpaired) electrons. The lowest BCUT2D eigenvalue weighted by molar-refractivity contribution is 0.267. The summed E-state index contributed by atoms with van der Waals surface area (Å²) in [5.41, 5.74) is 1.19. The Kier molecular flexibility index (Phi) is 7.22. The van der Waals surface area contributed by atoms with Gasteiger partial charge in [0, 0.05) is 36.3 Å². The minimum atomic E-state index is 0.515. The molecule has 1 aromatic rings. The third-order valence-corrected chi connectivity index (χ3v) is 4.55. The first-order valence-electron chi connectivity index (χ1n) is 6.38. The number of rotatable bonds is 8. The highest BCUT2D eigenvalue weighted by atomic mass is 32.2. The van der Waals surface area contributed by atoms with Crippen molar-refractivity contribution in [1.29, 1.82) is 0 Å². The first-order valence-corrected chi connectivity index (χ1v) is 8.66. The highest BCUT2D eigenvalue weighted by molar-refractivity contribution is 7.98. The molecule has 0 aliphatic carbocycles. The molecule has 0 amide bonds. The molecule has 5 heteroatoms. The number of nitrogens with zero attached hydrogens (tertiary/aromatic N) is 2. The molecule has 0 aliphatic heterocycles. The normalized spacial score (nSPS) is 13.5. The zero-order chi connectivity index (χ0) is 13.5. The van der Waals surface area contributed by atoms with Gasteiger partial charge >= 0.3 is 0 Å². The van der Waals surface area contributed by atoms with Crippen molar-refractivity contribution < 1.29 is 0 Å². The van der Waals surface area contributed by atoms with Crippen LogP contribution in [0.3, 0.4) is 0 Å². The quantitative estimate of drug-likeness (QED) is 0.796. The summed E-state index contributed by atoms with van der Waals surface area (Å²) >= 11 is 3.65. The summed E-state index contributed by atoms with van der Waals surface area (Å²) in [4.78, 5) is 7.04. The molecule has 1 N–H and O–H groups in total. The molecular formula is C13H25N3S2. The van der Waals surface area contributed by atoms with Crippen LogP contribution in [0.5, 0.6) is 0 Å². The molecule has 0 bridgehead atoms. The smallest absolute Gasteiger partial charge is 0.107 e. The minimum Gasteiger partial charge on any atom is -0.308 e. The van der Waals surface area contributed by atoms with Gasteiger partial charge in [0.2, 0.25) is 0 Å². The lowest BCUT2D eigenvalue weighted by Crippen LogP contribution is -2.30. The monoisotopic (exact) mass is 287 g/mol. The standard InChI is InChI=1S/C13H25N3S2/c1-10(2)14-6-13-15-12(9-18-13)7-16(4)11(3)8-17-5/h9-11,14H,6-8H2,1-5H3. The van der Waals surface area contributed by atoms with Gasteiger partial charge in [-0.25, -0.2) is 4.98 Å². The maximum absolute atomic E-state index is 4.67. The van der Waals surface area contributed by atoms with Crippen molar-refractivity contribution >= 4 is 23.1 Å². The Balaban J connectivity index is 2.43. The van der Waals surface area contributed by atoms with Gasteiger partial charge in [-0.15, -0.1) is 11.3 Å². The van der Waals surface area contributed by atoms with Gasteiger partial charge < -0.3 is 5.32 Å². The summed E-state index contributed by atoms with van der Waals surface area (Å²) in [6.07, 6.45) is 2.16. The lowest BCUT2D eigenvalue weighted by Gasteiger charge is -2.22. The molecule has 0 aromatic carbocycles. The summed E-state index contributed by atoms with van der Waals surface area (Å²) in [7, 11) is 2.17. The van der Waals surface area contributed by atoms with Gasteiger partial charge in [0.05, 0.1) is 5.69 Å². The number of thioether (sulfide) groups is 1. The van der Waals surface area contributed by atoms with Crippen molar-refractivity contribution in [2.45, 2.75) is 45.9 Å². The molecular weight excluding hydrogens is 262 g/mol. The fraction of sp³-hybridized carbons (Fsp3) is 0.769. The Morgan fingerprint density at radius 1 is 1.44 bits per heavy atom. The van der Waals surface area contributed by atoms with Crippen LogP contribution in [-0.2, 0) is 13.1 Å². The molecule has 0 saturated carbocycles. The molecule has 1 unspecified atom stereocenters. The number of nitrogens with one attached hydrogen (secondary N) is 1. The second-order valence-electron chi connectivity index (χ2n) is 4.99. The average molecular weight is 287 g/mol. The maximum Gasteiger partial charge on any atom is 0.107 e. The van der Waals surface area contributed by atoms with Crippen molar-refractivity contribution in [3.05, 3.63) is 16.1 Å². The van der Waals surface area contributed by atoms with Crippen molar-refractivity contribution in [3.63, 3.8) is 0 Å². The molecule has 0 aliphatic rings. The van der Waals surface area contributed by atoms with Crippen molar-refractivity contribution in [2.24, 2.45) is 0 Å². The van der Waals surface area contributed by atoms with Crippen LogP contribution >= 0.6 is 23.1 Å². The van der Waals surface area contributed by atoms with E-state index in [2.05, 4.69) is 54.7 Å². The van der Waals surface area contributed by atoms with E-state index in [9.17, 15) is 0 Å². The summed E-state index contributed by atoms with van der Waals surface area (Å²) in [6.45, 7) is 8.41. The summed E-state index contributed by atoms with van der Waals surface area (Å²) < 4.78 is 0. The average Bonchev–Trinajstić information content (AvgIpc) is 2.74. The van der Waals surface area contributed by atoms with Gasteiger partial charge in [-0.3, -0.25) is 4.90 Å². The second-order valence-corrected chi connectivity index (χ2v) is 6.84. The first kappa shape index (κ1) is 16.0. The number of hydrogen-bond donors (Lipinski definition) is 1. The predicted octanol–water partition coefficient (Wildman–Crippen LogP) is 2.82. The van der Waals surface area contributed by atoms with Crippen molar-refractivity contribution in [1.82, 2.24) is 15.2 Å². The molecule has 1 heterocycles. The Hall–Kier alpha value is -0.100. The largest absolute Gasteiger partial charge is 0.308 e. The van der Waals surface area contributed by atoms with Crippen LogP contribution in [0.1, 0.15) is 31.5 Å². The molecule has 1 aromatic heterocycles. The highest BCUT2D eigenvalue weighted by Crippen LogP contribution is 2.13. The summed E-state index contributed by atoms with van der Waals surface area (Å²) in [5.74, 6) is 1.17. The van der Waals surface area contributed by atoms with Gasteiger partial charge in [0.1, 0.15) is 5.01 Å². The lowest BCUT2D eigenvalue weighted by atomic mass is 10.3. The van der Waals surface area contributed by atoms with E-state index in [4.69, 9.17) is 0 Å². The van der Waals surface area contributed by atoms with Gasteiger partial charge in [0.15, 0.2) is 0 Å². The third-order valence-electron chi connectivity index (χ3n) is 2.83. The van der Waals surface area contributed by atoms with E-state index in [1.807, 2.05) is 11.8 Å². The molecule has 18 heavy (non-hydrogen) atoms. The van der Waals surface area contributed by atoms with Crippen LogP contribution in [0.4, 0.5) is 0 Å². The number of aromatic nitrogens is 1. The van der Waals surface area contributed by atoms with E-state index in [-0.39, 0.29) is 0 Å². The molecule has 3 nitrogen and oxygen atoms in total. The van der Waals surface area contributed by atoms with E-state index in [1.165, 1.54) is 16.5 Å². The Morgan fingerprint density at radius 2 is 2.17 bits per heavy atom. The first-order chi connectivity index (χ1) is 8.52. The van der Waals surface area contributed by atoms with Crippen LogP contribution < -0.4 is 5.32 Å². The van der Waals surface area contributed by atoms with E-state index < -0.39 is 0 Å². The fourth-order valence-corrected chi connectivity index (χ4v) is 3.05. The van der Waals surface area contributed by atoms with E-state index in [0.29, 0.717) is 12.1 Å². The fourth-order valence-electron chi connectivity index (χ4n) is 1.57. The van der Waals surface area contributed by atoms with E-state index in [1.54, 1.807) is 11.3 Å². The number of hydrogen-bond acceptors (Lipinski definition) is 5. The SMILES string of the molecule is CSCC(C)N(C)Cc1csc(CNC(C)C)n1. The summed E-state index contributed by atoms with van der Waals surface area (Å²) in [6, 6.07) is 1.11. The Bertz CT molecular complexity index is 339. The molecule has 1 atom stereocenters. The zero-order valence-electron chi connectivity index (χ0n) is 12.1. The molecule has 0 saturated heterocycles. The third kappa shape index (κ3) is 5.69. The molecule has 104 valence electrons. The Labute approximate surface area is 119 Å². The van der Waals surface area contributed by atoms with Crippen LogP contribution in [0.2, 0.25) is 0 Å². The van der Waals surface area contributed by atoms with E-state index in [0.717, 1.165) is 13.1 Å². The van der Waals surface area contributed by atoms with Crippen molar-refractivity contribution in [2.75, 3.05) is 19.1 Å². The molecule has 0 fully saturated rings. The van der Waals surface area contributed by atoms with Crippen LogP contribution in [0.25, 0.3) is 0 Å². The molecule has 1 rings (SSSR count). The van der Waals surface area contributed by atoms with E-state index >= 15 is 0 Å². The zero-order valence-corrected chi connectivity index (χ0v) is 13.7. The van der Waals surface area contributed by atoms with Crippen LogP contribution in [0, 0.1) is 0 Å². The van der Waals surface area contributed by atoms with Crippen LogP contribution in [0.15, 0.2) is 5.38 Å². The van der Waals surface area contributed by atoms with Crippen LogP contribution in [-0.4, -0.2) is 41.0 Å². The van der Waals surface area contributed by atoms with Crippen molar-refractivity contribution in [3.8, 4) is 0 Å².